The van der Waals surface area contributed by atoms with Gasteiger partial charge in [-0.1, -0.05) is 24.8 Å². The second-order valence-corrected chi connectivity index (χ2v) is 11.1. The SMILES string of the molecule is C=CC(=O)N1CCC(c2c[nH]c3ncnc(Nc4ccc(Oc5ccn(Cc6cc(Oc7ccccc7)ccn6)n5)cc4F)c23)CC1. The molecule has 12 heteroatoms. The minimum absolute atomic E-state index is 0.0578. The van der Waals surface area contributed by atoms with Crippen molar-refractivity contribution in [3.8, 4) is 23.1 Å². The zero-order chi connectivity index (χ0) is 32.2. The van der Waals surface area contributed by atoms with E-state index in [1.165, 1.54) is 18.5 Å². The van der Waals surface area contributed by atoms with Gasteiger partial charge in [-0.15, -0.1) is 5.10 Å². The Morgan fingerprint density at radius 3 is 2.64 bits per heavy atom. The van der Waals surface area contributed by atoms with Gasteiger partial charge in [0.05, 0.1) is 23.3 Å². The molecule has 5 heterocycles. The molecule has 0 radical (unpaired) electrons. The van der Waals surface area contributed by atoms with Gasteiger partial charge in [-0.3, -0.25) is 14.5 Å². The molecule has 1 saturated heterocycles. The summed E-state index contributed by atoms with van der Waals surface area (Å²) in [6.45, 7) is 5.26. The monoisotopic (exact) mass is 630 g/mol. The number of piperidine rings is 1. The van der Waals surface area contributed by atoms with E-state index in [-0.39, 0.29) is 17.5 Å². The molecule has 0 aliphatic carbocycles. The van der Waals surface area contributed by atoms with Crippen molar-refractivity contribution in [1.82, 2.24) is 34.6 Å². The number of aromatic nitrogens is 6. The van der Waals surface area contributed by atoms with Gasteiger partial charge in [-0.2, -0.15) is 0 Å². The molecular formula is C35H31FN8O3. The van der Waals surface area contributed by atoms with E-state index in [9.17, 15) is 4.79 Å². The van der Waals surface area contributed by atoms with Crippen molar-refractivity contribution in [1.29, 1.82) is 0 Å². The molecule has 7 rings (SSSR count). The summed E-state index contributed by atoms with van der Waals surface area (Å²) in [4.78, 5) is 30.3. The van der Waals surface area contributed by atoms with Crippen molar-refractivity contribution in [3.05, 3.63) is 121 Å². The minimum Gasteiger partial charge on any atom is -0.457 e. The van der Waals surface area contributed by atoms with Crippen molar-refractivity contribution in [3.63, 3.8) is 0 Å². The molecule has 2 aromatic carbocycles. The molecule has 236 valence electrons. The summed E-state index contributed by atoms with van der Waals surface area (Å²) in [5.41, 5.74) is 2.69. The Morgan fingerprint density at radius 1 is 1.00 bits per heavy atom. The van der Waals surface area contributed by atoms with Crippen LogP contribution in [0.5, 0.6) is 23.1 Å². The summed E-state index contributed by atoms with van der Waals surface area (Å²) in [5.74, 6) is 2.15. The maximum Gasteiger partial charge on any atom is 0.245 e. The van der Waals surface area contributed by atoms with Crippen LogP contribution in [0.4, 0.5) is 15.9 Å². The van der Waals surface area contributed by atoms with E-state index in [2.05, 4.69) is 36.9 Å². The number of benzene rings is 2. The number of nitrogens with zero attached hydrogens (tertiary/aromatic N) is 6. The molecule has 6 aromatic rings. The van der Waals surface area contributed by atoms with Gasteiger partial charge in [-0.05, 0) is 60.7 Å². The summed E-state index contributed by atoms with van der Waals surface area (Å²) in [7, 11) is 0. The van der Waals surface area contributed by atoms with Gasteiger partial charge in [0.25, 0.3) is 0 Å². The predicted octanol–water partition coefficient (Wildman–Crippen LogP) is 6.96. The van der Waals surface area contributed by atoms with E-state index in [0.717, 1.165) is 35.2 Å². The fourth-order valence-corrected chi connectivity index (χ4v) is 5.73. The van der Waals surface area contributed by atoms with Crippen molar-refractivity contribution in [2.24, 2.45) is 0 Å². The number of rotatable bonds is 10. The number of amides is 1. The number of carbonyl (C=O) groups is 1. The van der Waals surface area contributed by atoms with Crippen LogP contribution < -0.4 is 14.8 Å². The fourth-order valence-electron chi connectivity index (χ4n) is 5.73. The van der Waals surface area contributed by atoms with Crippen LogP contribution in [0.1, 0.15) is 30.0 Å². The van der Waals surface area contributed by atoms with Crippen molar-refractivity contribution in [2.75, 3.05) is 18.4 Å². The van der Waals surface area contributed by atoms with Crippen LogP contribution in [0.15, 0.2) is 104 Å². The average Bonchev–Trinajstić information content (AvgIpc) is 3.74. The number of ether oxygens (including phenoxy) is 2. The fraction of sp³-hybridized carbons (Fsp3) is 0.171. The maximum atomic E-state index is 15.4. The van der Waals surface area contributed by atoms with Crippen molar-refractivity contribution in [2.45, 2.75) is 25.3 Å². The third-order valence-corrected chi connectivity index (χ3v) is 8.04. The van der Waals surface area contributed by atoms with Crippen LogP contribution in [0, 0.1) is 5.82 Å². The highest BCUT2D eigenvalue weighted by Crippen LogP contribution is 2.37. The molecule has 1 fully saturated rings. The summed E-state index contributed by atoms with van der Waals surface area (Å²) in [5, 5.41) is 8.41. The zero-order valence-electron chi connectivity index (χ0n) is 25.3. The summed E-state index contributed by atoms with van der Waals surface area (Å²) in [6, 6.07) is 19.5. The normalized spacial score (nSPS) is 13.4. The van der Waals surface area contributed by atoms with Gasteiger partial charge < -0.3 is 24.7 Å². The van der Waals surface area contributed by atoms with Gasteiger partial charge in [0.2, 0.25) is 11.8 Å². The molecular weight excluding hydrogens is 599 g/mol. The zero-order valence-corrected chi connectivity index (χ0v) is 25.3. The lowest BCUT2D eigenvalue weighted by Crippen LogP contribution is -2.36. The van der Waals surface area contributed by atoms with Gasteiger partial charge >= 0.3 is 0 Å². The predicted molar refractivity (Wildman–Crippen MR) is 174 cm³/mol. The van der Waals surface area contributed by atoms with Crippen molar-refractivity contribution >= 4 is 28.4 Å². The maximum absolute atomic E-state index is 15.4. The quantitative estimate of drug-likeness (QED) is 0.156. The first kappa shape index (κ1) is 29.7. The van der Waals surface area contributed by atoms with Gasteiger partial charge in [0.15, 0.2) is 0 Å². The molecule has 1 aliphatic rings. The Morgan fingerprint density at radius 2 is 1.83 bits per heavy atom. The molecule has 0 spiro atoms. The number of likely N-dealkylation sites (tertiary alicyclic amines) is 1. The molecule has 1 amide bonds. The van der Waals surface area contributed by atoms with E-state index in [1.807, 2.05) is 42.6 Å². The first-order valence-corrected chi connectivity index (χ1v) is 15.2. The summed E-state index contributed by atoms with van der Waals surface area (Å²) >= 11 is 0. The highest BCUT2D eigenvalue weighted by Gasteiger charge is 2.26. The topological polar surface area (TPSA) is 123 Å². The number of hydrogen-bond acceptors (Lipinski definition) is 8. The molecule has 0 atom stereocenters. The Bertz CT molecular complexity index is 2040. The minimum atomic E-state index is -0.513. The number of nitrogens with one attached hydrogen (secondary N) is 2. The number of pyridine rings is 1. The van der Waals surface area contributed by atoms with Crippen LogP contribution in [0.2, 0.25) is 0 Å². The summed E-state index contributed by atoms with van der Waals surface area (Å²) in [6.07, 6.45) is 9.76. The highest BCUT2D eigenvalue weighted by atomic mass is 19.1. The van der Waals surface area contributed by atoms with E-state index in [1.54, 1.807) is 46.2 Å². The standard InChI is InChI=1S/C35H31FN8O3/c1-2-32(45)43-15-11-23(12-16-43)28-20-38-34-33(28)35(40-22-39-34)41-30-9-8-26(19-29(30)36)47-31-13-17-44(42-31)21-24-18-27(10-14-37-24)46-25-6-4-3-5-7-25/h2-10,13-14,17-20,22-23H,1,11-12,15-16,21H2,(H2,38,39,40,41). The first-order chi connectivity index (χ1) is 23.0. The van der Waals surface area contributed by atoms with E-state index < -0.39 is 5.82 Å². The third-order valence-electron chi connectivity index (χ3n) is 8.04. The van der Waals surface area contributed by atoms with Gasteiger partial charge in [0, 0.05) is 49.9 Å². The number of hydrogen-bond donors (Lipinski definition) is 2. The van der Waals surface area contributed by atoms with Gasteiger partial charge in [-0.25, -0.2) is 14.4 Å². The van der Waals surface area contributed by atoms with E-state index in [4.69, 9.17) is 9.47 Å². The van der Waals surface area contributed by atoms with Crippen LogP contribution in [-0.4, -0.2) is 53.6 Å². The number of halogens is 1. The van der Waals surface area contributed by atoms with Crippen molar-refractivity contribution < 1.29 is 18.7 Å². The van der Waals surface area contributed by atoms with Crippen LogP contribution in [0.3, 0.4) is 0 Å². The molecule has 0 bridgehead atoms. The third kappa shape index (κ3) is 6.66. The average molecular weight is 631 g/mol. The Labute approximate surface area is 269 Å². The molecule has 2 N–H and O–H groups in total. The number of aromatic amines is 1. The number of carbonyl (C=O) groups excluding carboxylic acids is 1. The molecule has 0 saturated carbocycles. The Hall–Kier alpha value is -6.04. The highest BCUT2D eigenvalue weighted by molar-refractivity contribution is 5.92. The van der Waals surface area contributed by atoms with E-state index >= 15 is 4.39 Å². The Kier molecular flexibility index (Phi) is 8.29. The lowest BCUT2D eigenvalue weighted by Gasteiger charge is -2.31. The van der Waals surface area contributed by atoms with Gasteiger partial charge in [0.1, 0.15) is 40.9 Å². The summed E-state index contributed by atoms with van der Waals surface area (Å²) < 4.78 is 28.8. The largest absolute Gasteiger partial charge is 0.457 e. The lowest BCUT2D eigenvalue weighted by atomic mass is 9.89. The molecule has 4 aromatic heterocycles. The van der Waals surface area contributed by atoms with Crippen LogP contribution in [0.25, 0.3) is 11.0 Å². The molecule has 11 nitrogen and oxygen atoms in total. The lowest BCUT2D eigenvalue weighted by molar-refractivity contribution is -0.127. The first-order valence-electron chi connectivity index (χ1n) is 15.2. The van der Waals surface area contributed by atoms with Crippen LogP contribution in [-0.2, 0) is 11.3 Å². The van der Waals surface area contributed by atoms with Crippen LogP contribution >= 0.6 is 0 Å². The molecule has 1 aliphatic heterocycles. The smallest absolute Gasteiger partial charge is 0.245 e. The van der Waals surface area contributed by atoms with E-state index in [0.29, 0.717) is 48.5 Å². The number of fused-ring (bicyclic) bond motifs is 1. The number of para-hydroxylation sites is 1. The number of anilines is 2. The number of H-pyrrole nitrogens is 1. The molecule has 0 unspecified atom stereocenters. The Balaban J connectivity index is 1.01. The second-order valence-electron chi connectivity index (χ2n) is 11.1. The second kappa shape index (κ2) is 13.1. The molecule has 47 heavy (non-hydrogen) atoms.